The van der Waals surface area contributed by atoms with E-state index in [-0.39, 0.29) is 5.82 Å². The highest BCUT2D eigenvalue weighted by Gasteiger charge is 2.22. The Balaban J connectivity index is 1.92. The quantitative estimate of drug-likeness (QED) is 0.856. The molecule has 1 aliphatic rings. The number of hydrogen-bond acceptors (Lipinski definition) is 2. The first-order chi connectivity index (χ1) is 7.83. The summed E-state index contributed by atoms with van der Waals surface area (Å²) in [6.45, 7) is 0. The summed E-state index contributed by atoms with van der Waals surface area (Å²) in [5.41, 5.74) is 0.919. The molecule has 0 atom stereocenters. The minimum atomic E-state index is -0.222. The van der Waals surface area contributed by atoms with E-state index >= 15 is 0 Å². The Morgan fingerprint density at radius 3 is 2.69 bits per heavy atom. The molecule has 3 nitrogen and oxygen atoms in total. The van der Waals surface area contributed by atoms with Crippen molar-refractivity contribution < 1.29 is 4.39 Å². The van der Waals surface area contributed by atoms with Crippen LogP contribution in [0, 0.1) is 5.82 Å². The van der Waals surface area contributed by atoms with Crippen LogP contribution in [0.15, 0.2) is 36.7 Å². The maximum absolute atomic E-state index is 12.8. The molecule has 0 unspecified atom stereocenters. The molecule has 1 saturated carbocycles. The number of rotatable bonds is 3. The maximum atomic E-state index is 12.8. The van der Waals surface area contributed by atoms with Crippen LogP contribution in [-0.4, -0.2) is 15.6 Å². The van der Waals surface area contributed by atoms with Gasteiger partial charge < -0.3 is 5.32 Å². The SMILES string of the molecule is Fc1ccc(-n2ccnc2NC2CC2)cc1. The summed E-state index contributed by atoms with van der Waals surface area (Å²) in [6.07, 6.45) is 6.03. The zero-order valence-corrected chi connectivity index (χ0v) is 8.73. The molecular weight excluding hydrogens is 205 g/mol. The van der Waals surface area contributed by atoms with E-state index in [1.807, 2.05) is 10.8 Å². The first kappa shape index (κ1) is 9.39. The molecule has 1 aliphatic carbocycles. The van der Waals surface area contributed by atoms with E-state index in [9.17, 15) is 4.39 Å². The molecule has 1 aromatic carbocycles. The molecule has 82 valence electrons. The third kappa shape index (κ3) is 1.78. The molecule has 1 N–H and O–H groups in total. The average molecular weight is 217 g/mol. The molecule has 0 spiro atoms. The van der Waals surface area contributed by atoms with Crippen LogP contribution in [0.1, 0.15) is 12.8 Å². The molecular formula is C12H12FN3. The lowest BCUT2D eigenvalue weighted by Crippen LogP contribution is -2.07. The topological polar surface area (TPSA) is 29.9 Å². The Morgan fingerprint density at radius 1 is 1.25 bits per heavy atom. The van der Waals surface area contributed by atoms with Crippen LogP contribution in [0.4, 0.5) is 10.3 Å². The molecule has 1 fully saturated rings. The average Bonchev–Trinajstić information content (AvgIpc) is 2.97. The number of aromatic nitrogens is 2. The highest BCUT2D eigenvalue weighted by molar-refractivity contribution is 5.42. The summed E-state index contributed by atoms with van der Waals surface area (Å²) >= 11 is 0. The van der Waals surface area contributed by atoms with Gasteiger partial charge in [0.25, 0.3) is 0 Å². The van der Waals surface area contributed by atoms with Crippen LogP contribution in [0.2, 0.25) is 0 Å². The van der Waals surface area contributed by atoms with Gasteiger partial charge >= 0.3 is 0 Å². The largest absolute Gasteiger partial charge is 0.353 e. The van der Waals surface area contributed by atoms with Crippen LogP contribution < -0.4 is 5.32 Å². The minimum absolute atomic E-state index is 0.222. The number of hydrogen-bond donors (Lipinski definition) is 1. The fourth-order valence-electron chi connectivity index (χ4n) is 1.63. The lowest BCUT2D eigenvalue weighted by Gasteiger charge is -2.08. The molecule has 0 saturated heterocycles. The van der Waals surface area contributed by atoms with Gasteiger partial charge in [0.05, 0.1) is 0 Å². The second-order valence-corrected chi connectivity index (χ2v) is 4.02. The molecule has 2 aromatic rings. The predicted octanol–water partition coefficient (Wildman–Crippen LogP) is 2.59. The van der Waals surface area contributed by atoms with Crippen LogP contribution in [0.3, 0.4) is 0 Å². The van der Waals surface area contributed by atoms with Crippen LogP contribution in [-0.2, 0) is 0 Å². The van der Waals surface area contributed by atoms with E-state index in [0.29, 0.717) is 6.04 Å². The number of imidazole rings is 1. The van der Waals surface area contributed by atoms with Crippen molar-refractivity contribution in [3.8, 4) is 5.69 Å². The number of anilines is 1. The summed E-state index contributed by atoms with van der Waals surface area (Å²) in [6, 6.07) is 6.96. The van der Waals surface area contributed by atoms with E-state index < -0.39 is 0 Å². The third-order valence-corrected chi connectivity index (χ3v) is 2.66. The highest BCUT2D eigenvalue weighted by atomic mass is 19.1. The lowest BCUT2D eigenvalue weighted by atomic mass is 10.3. The van der Waals surface area contributed by atoms with Gasteiger partial charge in [-0.15, -0.1) is 0 Å². The second kappa shape index (κ2) is 3.63. The van der Waals surface area contributed by atoms with Gasteiger partial charge in [-0.25, -0.2) is 9.37 Å². The Morgan fingerprint density at radius 2 is 2.00 bits per heavy atom. The van der Waals surface area contributed by atoms with Crippen molar-refractivity contribution in [3.05, 3.63) is 42.5 Å². The molecule has 0 radical (unpaired) electrons. The molecule has 0 amide bonds. The van der Waals surface area contributed by atoms with Crippen molar-refractivity contribution in [1.29, 1.82) is 0 Å². The molecule has 16 heavy (non-hydrogen) atoms. The maximum Gasteiger partial charge on any atom is 0.207 e. The van der Waals surface area contributed by atoms with Crippen LogP contribution in [0.5, 0.6) is 0 Å². The molecule has 1 aromatic heterocycles. The van der Waals surface area contributed by atoms with Crippen LogP contribution >= 0.6 is 0 Å². The summed E-state index contributed by atoms with van der Waals surface area (Å²) in [4.78, 5) is 4.25. The van der Waals surface area contributed by atoms with E-state index in [4.69, 9.17) is 0 Å². The fraction of sp³-hybridized carbons (Fsp3) is 0.250. The first-order valence-electron chi connectivity index (χ1n) is 5.39. The summed E-state index contributed by atoms with van der Waals surface area (Å²) < 4.78 is 14.7. The van der Waals surface area contributed by atoms with Gasteiger partial charge in [-0.2, -0.15) is 0 Å². The molecule has 0 aliphatic heterocycles. The van der Waals surface area contributed by atoms with Gasteiger partial charge in [-0.1, -0.05) is 0 Å². The minimum Gasteiger partial charge on any atom is -0.353 e. The van der Waals surface area contributed by atoms with Crippen molar-refractivity contribution in [2.45, 2.75) is 18.9 Å². The van der Waals surface area contributed by atoms with Crippen LogP contribution in [0.25, 0.3) is 5.69 Å². The number of nitrogens with zero attached hydrogens (tertiary/aromatic N) is 2. The molecule has 1 heterocycles. The van der Waals surface area contributed by atoms with E-state index in [1.54, 1.807) is 18.3 Å². The molecule has 0 bridgehead atoms. The van der Waals surface area contributed by atoms with Gasteiger partial charge in [0.15, 0.2) is 0 Å². The summed E-state index contributed by atoms with van der Waals surface area (Å²) in [7, 11) is 0. The van der Waals surface area contributed by atoms with Gasteiger partial charge in [0.2, 0.25) is 5.95 Å². The van der Waals surface area contributed by atoms with Gasteiger partial charge in [-0.05, 0) is 37.1 Å². The Hall–Kier alpha value is -1.84. The Bertz CT molecular complexity index is 485. The van der Waals surface area contributed by atoms with E-state index in [0.717, 1.165) is 11.6 Å². The van der Waals surface area contributed by atoms with Gasteiger partial charge in [0, 0.05) is 24.1 Å². The van der Waals surface area contributed by atoms with Gasteiger partial charge in [0.1, 0.15) is 5.82 Å². The first-order valence-corrected chi connectivity index (χ1v) is 5.39. The van der Waals surface area contributed by atoms with Gasteiger partial charge in [-0.3, -0.25) is 4.57 Å². The number of benzene rings is 1. The summed E-state index contributed by atoms with van der Waals surface area (Å²) in [5, 5.41) is 3.34. The highest BCUT2D eigenvalue weighted by Crippen LogP contribution is 2.25. The molecule has 3 rings (SSSR count). The monoisotopic (exact) mass is 217 g/mol. The lowest BCUT2D eigenvalue weighted by molar-refractivity contribution is 0.627. The van der Waals surface area contributed by atoms with E-state index in [1.165, 1.54) is 25.0 Å². The van der Waals surface area contributed by atoms with Crippen molar-refractivity contribution in [2.24, 2.45) is 0 Å². The van der Waals surface area contributed by atoms with E-state index in [2.05, 4.69) is 10.3 Å². The van der Waals surface area contributed by atoms with Crippen molar-refractivity contribution >= 4 is 5.95 Å². The Kier molecular flexibility index (Phi) is 2.13. The zero-order valence-electron chi connectivity index (χ0n) is 8.73. The number of halogens is 1. The third-order valence-electron chi connectivity index (χ3n) is 2.66. The molecule has 4 heteroatoms. The Labute approximate surface area is 92.9 Å². The standard InChI is InChI=1S/C12H12FN3/c13-9-1-5-11(6-2-9)16-8-7-14-12(16)15-10-3-4-10/h1-2,5-8,10H,3-4H2,(H,14,15). The van der Waals surface area contributed by atoms with Crippen molar-refractivity contribution in [2.75, 3.05) is 5.32 Å². The normalized spacial score (nSPS) is 15.1. The fourth-order valence-corrected chi connectivity index (χ4v) is 1.63. The smallest absolute Gasteiger partial charge is 0.207 e. The van der Waals surface area contributed by atoms with Crippen molar-refractivity contribution in [1.82, 2.24) is 9.55 Å². The van der Waals surface area contributed by atoms with Crippen molar-refractivity contribution in [3.63, 3.8) is 0 Å². The zero-order chi connectivity index (χ0) is 11.0. The predicted molar refractivity (Wildman–Crippen MR) is 60.2 cm³/mol. The summed E-state index contributed by atoms with van der Waals surface area (Å²) in [5.74, 6) is 0.606. The second-order valence-electron chi connectivity index (χ2n) is 4.02. The number of nitrogens with one attached hydrogen (secondary N) is 1.